The highest BCUT2D eigenvalue weighted by Crippen LogP contribution is 2.38. The fourth-order valence-corrected chi connectivity index (χ4v) is 4.51. The minimum absolute atomic E-state index is 0.126. The fourth-order valence-electron chi connectivity index (χ4n) is 4.24. The zero-order valence-electron chi connectivity index (χ0n) is 18.3. The summed E-state index contributed by atoms with van der Waals surface area (Å²) in [6.07, 6.45) is 3.87. The van der Waals surface area contributed by atoms with Crippen molar-refractivity contribution in [3.05, 3.63) is 87.6 Å². The van der Waals surface area contributed by atoms with Gasteiger partial charge in [0.15, 0.2) is 11.5 Å². The Morgan fingerprint density at radius 2 is 1.76 bits per heavy atom. The standard InChI is InChI=1S/C26H27BrN2O4/c27-21-10-8-20(9-11-21)24-23(22(30)12-7-19-5-2-1-3-6-19)25(31)26(32)29(24)14-4-13-28-15-17-33-18-16-28/h1-3,5-12,24,31H,4,13-18H2/b12-7+. The first-order chi connectivity index (χ1) is 16.0. The van der Waals surface area contributed by atoms with Crippen LogP contribution in [0.25, 0.3) is 6.08 Å². The first-order valence-corrected chi connectivity index (χ1v) is 11.9. The molecule has 0 saturated carbocycles. The normalized spacial score (nSPS) is 19.6. The second-order valence-corrected chi connectivity index (χ2v) is 9.05. The van der Waals surface area contributed by atoms with Crippen molar-refractivity contribution in [1.82, 2.24) is 9.80 Å². The summed E-state index contributed by atoms with van der Waals surface area (Å²) in [5.41, 5.74) is 1.79. The van der Waals surface area contributed by atoms with E-state index in [1.165, 1.54) is 6.08 Å². The van der Waals surface area contributed by atoms with Gasteiger partial charge in [-0.2, -0.15) is 0 Å². The van der Waals surface area contributed by atoms with E-state index in [-0.39, 0.29) is 11.4 Å². The number of halogens is 1. The summed E-state index contributed by atoms with van der Waals surface area (Å²) in [5.74, 6) is -1.33. The third-order valence-electron chi connectivity index (χ3n) is 5.96. The van der Waals surface area contributed by atoms with Crippen LogP contribution in [0.5, 0.6) is 0 Å². The molecule has 2 heterocycles. The van der Waals surface area contributed by atoms with E-state index >= 15 is 0 Å². The molecule has 0 aliphatic carbocycles. The lowest BCUT2D eigenvalue weighted by Gasteiger charge is -2.30. The maximum Gasteiger partial charge on any atom is 0.290 e. The number of ether oxygens (including phenoxy) is 1. The molecule has 1 fully saturated rings. The van der Waals surface area contributed by atoms with Gasteiger partial charge in [-0.15, -0.1) is 0 Å². The van der Waals surface area contributed by atoms with E-state index in [0.29, 0.717) is 6.54 Å². The number of amides is 1. The number of carbonyl (C=O) groups excluding carboxylic acids is 2. The number of ketones is 1. The number of nitrogens with zero attached hydrogens (tertiary/aromatic N) is 2. The van der Waals surface area contributed by atoms with Gasteiger partial charge in [-0.25, -0.2) is 0 Å². The number of aliphatic hydroxyl groups excluding tert-OH is 1. The molecule has 1 atom stereocenters. The van der Waals surface area contributed by atoms with Crippen LogP contribution < -0.4 is 0 Å². The molecule has 33 heavy (non-hydrogen) atoms. The number of aliphatic hydroxyl groups is 1. The van der Waals surface area contributed by atoms with Crippen molar-refractivity contribution in [3.63, 3.8) is 0 Å². The van der Waals surface area contributed by atoms with E-state index in [9.17, 15) is 14.7 Å². The van der Waals surface area contributed by atoms with Crippen LogP contribution in [0.1, 0.15) is 23.6 Å². The second kappa shape index (κ2) is 10.9. The molecule has 0 spiro atoms. The number of rotatable bonds is 8. The molecule has 1 amide bonds. The Bertz CT molecular complexity index is 1040. The van der Waals surface area contributed by atoms with Crippen LogP contribution in [-0.2, 0) is 14.3 Å². The van der Waals surface area contributed by atoms with Gasteiger partial charge < -0.3 is 14.7 Å². The average Bonchev–Trinajstić information content (AvgIpc) is 3.09. The van der Waals surface area contributed by atoms with Gasteiger partial charge >= 0.3 is 0 Å². The highest BCUT2D eigenvalue weighted by molar-refractivity contribution is 9.10. The Balaban J connectivity index is 1.56. The van der Waals surface area contributed by atoms with Crippen LogP contribution in [0.2, 0.25) is 0 Å². The van der Waals surface area contributed by atoms with Crippen molar-refractivity contribution in [2.45, 2.75) is 12.5 Å². The van der Waals surface area contributed by atoms with Crippen molar-refractivity contribution in [2.24, 2.45) is 0 Å². The Kier molecular flexibility index (Phi) is 7.75. The lowest BCUT2D eigenvalue weighted by Crippen LogP contribution is -2.39. The minimum atomic E-state index is -0.622. The van der Waals surface area contributed by atoms with E-state index < -0.39 is 17.7 Å². The Morgan fingerprint density at radius 3 is 2.45 bits per heavy atom. The van der Waals surface area contributed by atoms with Gasteiger partial charge in [-0.1, -0.05) is 64.5 Å². The van der Waals surface area contributed by atoms with E-state index in [2.05, 4.69) is 20.8 Å². The minimum Gasteiger partial charge on any atom is -0.503 e. The number of hydrogen-bond donors (Lipinski definition) is 1. The largest absolute Gasteiger partial charge is 0.503 e. The van der Waals surface area contributed by atoms with E-state index in [0.717, 1.165) is 54.9 Å². The summed E-state index contributed by atoms with van der Waals surface area (Å²) in [5, 5.41) is 10.7. The fraction of sp³-hybridized carbons (Fsp3) is 0.308. The number of hydrogen-bond acceptors (Lipinski definition) is 5. The van der Waals surface area contributed by atoms with Crippen LogP contribution in [0, 0.1) is 0 Å². The summed E-state index contributed by atoms with van der Waals surface area (Å²) in [6, 6.07) is 16.4. The molecule has 1 saturated heterocycles. The van der Waals surface area contributed by atoms with Gasteiger partial charge in [0.05, 0.1) is 24.8 Å². The molecule has 7 heteroatoms. The van der Waals surface area contributed by atoms with Gasteiger partial charge in [0.2, 0.25) is 0 Å². The topological polar surface area (TPSA) is 70.1 Å². The summed E-state index contributed by atoms with van der Waals surface area (Å²) < 4.78 is 6.30. The van der Waals surface area contributed by atoms with Gasteiger partial charge in [-0.05, 0) is 35.8 Å². The second-order valence-electron chi connectivity index (χ2n) is 8.13. The van der Waals surface area contributed by atoms with E-state index in [1.807, 2.05) is 54.6 Å². The summed E-state index contributed by atoms with van der Waals surface area (Å²) in [6.45, 7) is 4.47. The van der Waals surface area contributed by atoms with Crippen molar-refractivity contribution in [2.75, 3.05) is 39.4 Å². The van der Waals surface area contributed by atoms with Crippen molar-refractivity contribution >= 4 is 33.7 Å². The predicted molar refractivity (Wildman–Crippen MR) is 131 cm³/mol. The number of carbonyl (C=O) groups is 2. The third kappa shape index (κ3) is 5.61. The highest BCUT2D eigenvalue weighted by atomic mass is 79.9. The molecule has 2 aromatic rings. The van der Waals surface area contributed by atoms with Crippen LogP contribution >= 0.6 is 15.9 Å². The number of allylic oxidation sites excluding steroid dienone is 1. The van der Waals surface area contributed by atoms with Crippen LogP contribution in [0.4, 0.5) is 0 Å². The Morgan fingerprint density at radius 1 is 1.06 bits per heavy atom. The summed E-state index contributed by atoms with van der Waals surface area (Å²) >= 11 is 3.44. The molecule has 2 aliphatic rings. The third-order valence-corrected chi connectivity index (χ3v) is 6.49. The SMILES string of the molecule is O=C(/C=C/c1ccccc1)C1=C(O)C(=O)N(CCCN2CCOCC2)C1c1ccc(Br)cc1. The molecular weight excluding hydrogens is 484 g/mol. The van der Waals surface area contributed by atoms with E-state index in [4.69, 9.17) is 4.74 Å². The summed E-state index contributed by atoms with van der Waals surface area (Å²) in [4.78, 5) is 30.1. The molecule has 2 aromatic carbocycles. The Hall–Kier alpha value is -2.74. The number of benzene rings is 2. The molecule has 1 N–H and O–H groups in total. The van der Waals surface area contributed by atoms with Gasteiger partial charge in [0, 0.05) is 30.7 Å². The molecule has 1 unspecified atom stereocenters. The maximum atomic E-state index is 13.2. The first kappa shape index (κ1) is 23.4. The van der Waals surface area contributed by atoms with Crippen molar-refractivity contribution in [1.29, 1.82) is 0 Å². The monoisotopic (exact) mass is 510 g/mol. The quantitative estimate of drug-likeness (QED) is 0.540. The molecule has 4 rings (SSSR count). The number of morpholine rings is 1. The lowest BCUT2D eigenvalue weighted by molar-refractivity contribution is -0.129. The van der Waals surface area contributed by atoms with Crippen LogP contribution in [0.3, 0.4) is 0 Å². The van der Waals surface area contributed by atoms with Gasteiger partial charge in [0.25, 0.3) is 5.91 Å². The molecule has 0 aromatic heterocycles. The van der Waals surface area contributed by atoms with Gasteiger partial charge in [0.1, 0.15) is 0 Å². The molecule has 6 nitrogen and oxygen atoms in total. The predicted octanol–water partition coefficient (Wildman–Crippen LogP) is 4.15. The zero-order valence-corrected chi connectivity index (χ0v) is 19.9. The average molecular weight is 511 g/mol. The van der Waals surface area contributed by atoms with Crippen LogP contribution in [-0.4, -0.2) is 66.0 Å². The highest BCUT2D eigenvalue weighted by Gasteiger charge is 2.42. The molecule has 0 bridgehead atoms. The molecular formula is C26H27BrN2O4. The molecule has 0 radical (unpaired) electrons. The van der Waals surface area contributed by atoms with Crippen LogP contribution in [0.15, 0.2) is 76.5 Å². The molecule has 172 valence electrons. The van der Waals surface area contributed by atoms with Crippen molar-refractivity contribution < 1.29 is 19.4 Å². The van der Waals surface area contributed by atoms with Gasteiger partial charge in [-0.3, -0.25) is 14.5 Å². The van der Waals surface area contributed by atoms with Crippen molar-refractivity contribution in [3.8, 4) is 0 Å². The smallest absolute Gasteiger partial charge is 0.290 e. The zero-order chi connectivity index (χ0) is 23.2. The first-order valence-electron chi connectivity index (χ1n) is 11.1. The lowest BCUT2D eigenvalue weighted by atomic mass is 9.95. The van der Waals surface area contributed by atoms with E-state index in [1.54, 1.807) is 11.0 Å². The maximum absolute atomic E-state index is 13.2. The Labute approximate surface area is 202 Å². The molecule has 2 aliphatic heterocycles. The summed E-state index contributed by atoms with van der Waals surface area (Å²) in [7, 11) is 0.